The zero-order valence-electron chi connectivity index (χ0n) is 17.7. The third-order valence-electron chi connectivity index (χ3n) is 6.07. The molecule has 2 heterocycles. The molecule has 2 aliphatic heterocycles. The Hall–Kier alpha value is -2.09. The summed E-state index contributed by atoms with van der Waals surface area (Å²) in [5.74, 6) is -0.288. The van der Waals surface area contributed by atoms with E-state index in [0.717, 1.165) is 31.5 Å². The molecule has 2 aromatic carbocycles. The van der Waals surface area contributed by atoms with Crippen LogP contribution in [-0.2, 0) is 16.0 Å². The van der Waals surface area contributed by atoms with Gasteiger partial charge in [0.2, 0.25) is 11.8 Å². The van der Waals surface area contributed by atoms with Crippen LogP contribution in [-0.4, -0.2) is 53.4 Å². The van der Waals surface area contributed by atoms with Crippen molar-refractivity contribution in [3.63, 3.8) is 0 Å². The average molecular weight is 476 g/mol. The maximum Gasteiger partial charge on any atom is 0.243 e. The molecule has 0 aromatic heterocycles. The average Bonchev–Trinajstić information content (AvgIpc) is 3.32. The van der Waals surface area contributed by atoms with E-state index in [4.69, 9.17) is 11.6 Å². The minimum absolute atomic E-state index is 0.00380. The number of carbonyl (C=O) groups is 2. The molecule has 2 amide bonds. The zero-order chi connectivity index (χ0) is 22.5. The van der Waals surface area contributed by atoms with E-state index in [0.29, 0.717) is 29.3 Å². The Balaban J connectivity index is 1.35. The van der Waals surface area contributed by atoms with Crippen molar-refractivity contribution < 1.29 is 14.0 Å². The van der Waals surface area contributed by atoms with Gasteiger partial charge in [-0.2, -0.15) is 0 Å². The summed E-state index contributed by atoms with van der Waals surface area (Å²) in [7, 11) is 0. The van der Waals surface area contributed by atoms with Gasteiger partial charge in [-0.1, -0.05) is 48.0 Å². The van der Waals surface area contributed by atoms with Crippen molar-refractivity contribution in [1.82, 2.24) is 15.5 Å². The van der Waals surface area contributed by atoms with Gasteiger partial charge in [0.25, 0.3) is 0 Å². The lowest BCUT2D eigenvalue weighted by molar-refractivity contribution is -0.128. The summed E-state index contributed by atoms with van der Waals surface area (Å²) < 4.78 is 13.9. The highest BCUT2D eigenvalue weighted by molar-refractivity contribution is 8.00. The second-order valence-electron chi connectivity index (χ2n) is 8.20. The topological polar surface area (TPSA) is 61.4 Å². The first kappa shape index (κ1) is 23.1. The normalized spacial score (nSPS) is 22.4. The van der Waals surface area contributed by atoms with Gasteiger partial charge in [-0.05, 0) is 55.6 Å². The third-order valence-corrected chi connectivity index (χ3v) is 7.72. The minimum Gasteiger partial charge on any atom is -0.352 e. The number of likely N-dealkylation sites (tertiary alicyclic amines) is 1. The van der Waals surface area contributed by atoms with Gasteiger partial charge in [-0.15, -0.1) is 11.8 Å². The number of carbonyl (C=O) groups excluding carboxylic acids is 2. The van der Waals surface area contributed by atoms with Gasteiger partial charge in [-0.25, -0.2) is 4.39 Å². The molecule has 0 spiro atoms. The molecule has 0 unspecified atom stereocenters. The second-order valence-corrected chi connectivity index (χ2v) is 9.85. The summed E-state index contributed by atoms with van der Waals surface area (Å²) in [6.07, 6.45) is 2.57. The van der Waals surface area contributed by atoms with E-state index >= 15 is 0 Å². The SMILES string of the molecule is O=C(NC[C@H](c1ccccc1Cl)N1CCCC1)[C@H]1CS[C@H](Cc2ccccc2F)C(=O)N1. The Labute approximate surface area is 197 Å². The molecule has 0 saturated carbocycles. The zero-order valence-corrected chi connectivity index (χ0v) is 19.3. The molecule has 32 heavy (non-hydrogen) atoms. The summed E-state index contributed by atoms with van der Waals surface area (Å²) in [6, 6.07) is 13.6. The van der Waals surface area contributed by atoms with Crippen LogP contribution in [0.3, 0.4) is 0 Å². The Morgan fingerprint density at radius 1 is 1.19 bits per heavy atom. The third kappa shape index (κ3) is 5.45. The fraction of sp³-hybridized carbons (Fsp3) is 0.417. The predicted molar refractivity (Wildman–Crippen MR) is 126 cm³/mol. The molecule has 4 rings (SSSR count). The standard InChI is InChI=1S/C24H27ClFN3O2S/c25-18-9-3-2-8-17(18)21(29-11-5-6-12-29)14-27-23(30)20-15-32-22(24(31)28-20)13-16-7-1-4-10-19(16)26/h1-4,7-10,20-22H,5-6,11-15H2,(H,27,30)(H,28,31)/t20-,21-,22-/m1/s1. The van der Waals surface area contributed by atoms with E-state index in [2.05, 4.69) is 15.5 Å². The molecule has 2 fully saturated rings. The lowest BCUT2D eigenvalue weighted by atomic mass is 10.0. The van der Waals surface area contributed by atoms with Crippen LogP contribution >= 0.6 is 23.4 Å². The van der Waals surface area contributed by atoms with Crippen molar-refractivity contribution in [3.05, 3.63) is 70.5 Å². The van der Waals surface area contributed by atoms with Crippen LogP contribution in [0.15, 0.2) is 48.5 Å². The number of nitrogens with one attached hydrogen (secondary N) is 2. The first-order valence-electron chi connectivity index (χ1n) is 10.9. The van der Waals surface area contributed by atoms with Crippen molar-refractivity contribution in [2.75, 3.05) is 25.4 Å². The predicted octanol–water partition coefficient (Wildman–Crippen LogP) is 3.58. The largest absolute Gasteiger partial charge is 0.352 e. The molecule has 3 atom stereocenters. The van der Waals surface area contributed by atoms with E-state index in [1.807, 2.05) is 24.3 Å². The molecule has 2 saturated heterocycles. The molecule has 0 bridgehead atoms. The van der Waals surface area contributed by atoms with Crippen molar-refractivity contribution in [1.29, 1.82) is 0 Å². The number of benzene rings is 2. The van der Waals surface area contributed by atoms with Crippen LogP contribution in [0.1, 0.15) is 30.0 Å². The first-order valence-corrected chi connectivity index (χ1v) is 12.4. The van der Waals surface area contributed by atoms with Crippen molar-refractivity contribution in [2.24, 2.45) is 0 Å². The lowest BCUT2D eigenvalue weighted by Gasteiger charge is -2.31. The maximum absolute atomic E-state index is 13.9. The van der Waals surface area contributed by atoms with Gasteiger partial charge in [-0.3, -0.25) is 14.5 Å². The van der Waals surface area contributed by atoms with E-state index in [9.17, 15) is 14.0 Å². The van der Waals surface area contributed by atoms with Gasteiger partial charge in [0, 0.05) is 17.3 Å². The van der Waals surface area contributed by atoms with Gasteiger partial charge in [0.05, 0.1) is 11.3 Å². The van der Waals surface area contributed by atoms with E-state index in [1.54, 1.807) is 18.2 Å². The molecule has 0 aliphatic carbocycles. The molecule has 0 radical (unpaired) electrons. The quantitative estimate of drug-likeness (QED) is 0.642. The highest BCUT2D eigenvalue weighted by Gasteiger charge is 2.33. The summed E-state index contributed by atoms with van der Waals surface area (Å²) >= 11 is 7.85. The van der Waals surface area contributed by atoms with Gasteiger partial charge >= 0.3 is 0 Å². The van der Waals surface area contributed by atoms with Gasteiger partial charge in [0.15, 0.2) is 0 Å². The van der Waals surface area contributed by atoms with Crippen molar-refractivity contribution in [3.8, 4) is 0 Å². The van der Waals surface area contributed by atoms with Crippen molar-refractivity contribution in [2.45, 2.75) is 36.6 Å². The smallest absolute Gasteiger partial charge is 0.243 e. The molecular weight excluding hydrogens is 449 g/mol. The first-order chi connectivity index (χ1) is 15.5. The molecular formula is C24H27ClFN3O2S. The Morgan fingerprint density at radius 3 is 2.62 bits per heavy atom. The number of amides is 2. The Bertz CT molecular complexity index is 970. The van der Waals surface area contributed by atoms with Crippen LogP contribution in [0.25, 0.3) is 0 Å². The summed E-state index contributed by atoms with van der Waals surface area (Å²) in [6.45, 7) is 2.37. The molecule has 170 valence electrons. The van der Waals surface area contributed by atoms with Gasteiger partial charge in [0.1, 0.15) is 11.9 Å². The fourth-order valence-corrected chi connectivity index (χ4v) is 5.74. The van der Waals surface area contributed by atoms with Crippen LogP contribution in [0.4, 0.5) is 4.39 Å². The molecule has 2 aliphatic rings. The number of halogens is 2. The van der Waals surface area contributed by atoms with Gasteiger partial charge < -0.3 is 10.6 Å². The minimum atomic E-state index is -0.602. The number of hydrogen-bond acceptors (Lipinski definition) is 4. The number of hydrogen-bond donors (Lipinski definition) is 2. The van der Waals surface area contributed by atoms with Crippen LogP contribution in [0.5, 0.6) is 0 Å². The lowest BCUT2D eigenvalue weighted by Crippen LogP contribution is -2.55. The molecule has 8 heteroatoms. The van der Waals surface area contributed by atoms with E-state index in [1.165, 1.54) is 17.8 Å². The number of thioether (sulfide) groups is 1. The molecule has 2 N–H and O–H groups in total. The van der Waals surface area contributed by atoms with Crippen LogP contribution in [0, 0.1) is 5.82 Å². The number of nitrogens with zero attached hydrogens (tertiary/aromatic N) is 1. The number of rotatable bonds is 7. The monoisotopic (exact) mass is 475 g/mol. The fourth-order valence-electron chi connectivity index (χ4n) is 4.31. The highest BCUT2D eigenvalue weighted by atomic mass is 35.5. The molecule has 2 aromatic rings. The van der Waals surface area contributed by atoms with E-state index in [-0.39, 0.29) is 23.7 Å². The van der Waals surface area contributed by atoms with Crippen LogP contribution < -0.4 is 10.6 Å². The van der Waals surface area contributed by atoms with E-state index < -0.39 is 11.3 Å². The van der Waals surface area contributed by atoms with Crippen molar-refractivity contribution >= 4 is 35.2 Å². The second kappa shape index (κ2) is 10.7. The summed E-state index contributed by atoms with van der Waals surface area (Å²) in [4.78, 5) is 27.8. The Morgan fingerprint density at radius 2 is 1.91 bits per heavy atom. The highest BCUT2D eigenvalue weighted by Crippen LogP contribution is 2.30. The van der Waals surface area contributed by atoms with Crippen LogP contribution in [0.2, 0.25) is 5.02 Å². The summed E-state index contributed by atoms with van der Waals surface area (Å²) in [5.41, 5.74) is 1.51. The Kier molecular flexibility index (Phi) is 7.71. The summed E-state index contributed by atoms with van der Waals surface area (Å²) in [5, 5.41) is 6.12. The maximum atomic E-state index is 13.9. The molecule has 5 nitrogen and oxygen atoms in total.